The number of rotatable bonds is 2. The van der Waals surface area contributed by atoms with Gasteiger partial charge in [-0.05, 0) is 29.3 Å². The average Bonchev–Trinajstić information content (AvgIpc) is 2.11. The molecular weight excluding hydrogens is 317 g/mol. The molecule has 0 radical (unpaired) electrons. The van der Waals surface area contributed by atoms with Crippen LogP contribution in [0, 0.1) is 13.8 Å². The smallest absolute Gasteiger partial charge is 0 e. The Bertz CT molecular complexity index is 141. The summed E-state index contributed by atoms with van der Waals surface area (Å²) in [6.07, 6.45) is 2.42. The second kappa shape index (κ2) is 7.28. The molecule has 0 aromatic heterocycles. The fourth-order valence-electron chi connectivity index (χ4n) is 1.35. The molecule has 5 heteroatoms. The summed E-state index contributed by atoms with van der Waals surface area (Å²) in [6.45, 7) is 8.00. The Morgan fingerprint density at radius 2 is 1.43 bits per heavy atom. The van der Waals surface area contributed by atoms with Gasteiger partial charge in [-0.2, -0.15) is 5.75 Å². The molecule has 0 amide bonds. The third-order valence-corrected chi connectivity index (χ3v) is 9.59. The van der Waals surface area contributed by atoms with Crippen LogP contribution in [0.3, 0.4) is 0 Å². The molecule has 0 atom stereocenters. The molecule has 1 saturated heterocycles. The van der Waals surface area contributed by atoms with E-state index in [-0.39, 0.29) is 49.0 Å². The molecule has 0 saturated carbocycles. The van der Waals surface area contributed by atoms with E-state index in [4.69, 9.17) is 5.14 Å². The molecule has 1 nitrogen and oxygen atoms in total. The average molecular weight is 338 g/mol. The molecule has 0 aromatic carbocycles. The van der Waals surface area contributed by atoms with Gasteiger partial charge in [-0.15, -0.1) is 5.75 Å². The number of hydrogen-bond acceptors (Lipinski definition) is 1. The summed E-state index contributed by atoms with van der Waals surface area (Å²) >= 11 is 0. The van der Waals surface area contributed by atoms with Crippen molar-refractivity contribution >= 4 is 20.2 Å². The van der Waals surface area contributed by atoms with Gasteiger partial charge in [0.05, 0.1) is 0 Å². The van der Waals surface area contributed by atoms with Crippen LogP contribution in [0.1, 0.15) is 0 Å². The summed E-state index contributed by atoms with van der Waals surface area (Å²) in [4.78, 5) is 0. The Hall–Kier alpha value is 1.91. The molecule has 1 heterocycles. The molecule has 0 aromatic rings. The summed E-state index contributed by atoms with van der Waals surface area (Å²) in [5.74, 6) is 7.30. The van der Waals surface area contributed by atoms with E-state index in [0.717, 1.165) is 11.5 Å². The van der Waals surface area contributed by atoms with Gasteiger partial charge in [0.25, 0.3) is 0 Å². The SMILES string of the molecule is [CH2-]CS1(C)CCS(N)(C[CH2-])CC1.[Zn].[Zn]. The maximum absolute atomic E-state index is 6.25. The third-order valence-electron chi connectivity index (χ3n) is 2.86. The predicted molar refractivity (Wildman–Crippen MR) is 65.2 cm³/mol. The van der Waals surface area contributed by atoms with Crippen molar-refractivity contribution in [2.75, 3.05) is 40.8 Å². The van der Waals surface area contributed by atoms with Crippen molar-refractivity contribution in [1.29, 1.82) is 0 Å². The van der Waals surface area contributed by atoms with Crippen molar-refractivity contribution in [3.63, 3.8) is 0 Å². The monoisotopic (exact) mass is 335 g/mol. The van der Waals surface area contributed by atoms with Crippen LogP contribution in [-0.2, 0) is 39.0 Å². The van der Waals surface area contributed by atoms with Gasteiger partial charge in [0, 0.05) is 39.0 Å². The zero-order valence-corrected chi connectivity index (χ0v) is 17.0. The van der Waals surface area contributed by atoms with Gasteiger partial charge < -0.3 is 13.8 Å². The van der Waals surface area contributed by atoms with E-state index in [9.17, 15) is 0 Å². The van der Waals surface area contributed by atoms with Crippen LogP contribution in [0.4, 0.5) is 0 Å². The molecule has 1 fully saturated rings. The van der Waals surface area contributed by atoms with Crippen molar-refractivity contribution in [1.82, 2.24) is 0 Å². The van der Waals surface area contributed by atoms with Crippen LogP contribution < -0.4 is 5.14 Å². The topological polar surface area (TPSA) is 26.0 Å². The maximum atomic E-state index is 6.25. The summed E-state index contributed by atoms with van der Waals surface area (Å²) in [5, 5.41) is 6.25. The minimum absolute atomic E-state index is 0. The second-order valence-corrected chi connectivity index (χ2v) is 11.4. The van der Waals surface area contributed by atoms with Crippen molar-refractivity contribution < 1.29 is 39.0 Å². The summed E-state index contributed by atoms with van der Waals surface area (Å²) in [7, 11) is -1.13. The molecular formula is C9H21NS2Zn2-2. The van der Waals surface area contributed by atoms with E-state index in [1.54, 1.807) is 0 Å². The van der Waals surface area contributed by atoms with Gasteiger partial charge in [0.15, 0.2) is 0 Å². The Balaban J connectivity index is 0. The van der Waals surface area contributed by atoms with Gasteiger partial charge in [-0.1, -0.05) is 0 Å². The second-order valence-electron chi connectivity index (χ2n) is 3.82. The molecule has 0 aliphatic carbocycles. The molecule has 80 valence electrons. The Labute approximate surface area is 118 Å². The van der Waals surface area contributed by atoms with E-state index < -0.39 is 10.2 Å². The van der Waals surface area contributed by atoms with Crippen molar-refractivity contribution in [3.05, 3.63) is 13.8 Å². The molecule has 0 bridgehead atoms. The van der Waals surface area contributed by atoms with Crippen LogP contribution in [-0.4, -0.2) is 40.8 Å². The molecule has 2 N–H and O–H groups in total. The summed E-state index contributed by atoms with van der Waals surface area (Å²) < 4.78 is 0. The van der Waals surface area contributed by atoms with E-state index in [2.05, 4.69) is 20.1 Å². The van der Waals surface area contributed by atoms with E-state index in [0.29, 0.717) is 0 Å². The molecule has 14 heavy (non-hydrogen) atoms. The summed E-state index contributed by atoms with van der Waals surface area (Å²) in [6, 6.07) is 0. The standard InChI is InChI=1S/C9H21NS2.2Zn/c1-4-11(3)6-8-12(10,5-2)9-7-11;;/h1-2,4-10H2,3H3;;/q-2;;. The van der Waals surface area contributed by atoms with Crippen LogP contribution in [0.15, 0.2) is 0 Å². The Morgan fingerprint density at radius 1 is 1.00 bits per heavy atom. The van der Waals surface area contributed by atoms with Crippen molar-refractivity contribution in [2.24, 2.45) is 5.14 Å². The van der Waals surface area contributed by atoms with Crippen LogP contribution in [0.5, 0.6) is 0 Å². The van der Waals surface area contributed by atoms with E-state index in [1.165, 1.54) is 23.0 Å². The van der Waals surface area contributed by atoms with Gasteiger partial charge in [0.2, 0.25) is 0 Å². The molecule has 1 rings (SSSR count). The van der Waals surface area contributed by atoms with Gasteiger partial charge in [-0.3, -0.25) is 15.2 Å². The Morgan fingerprint density at radius 3 is 1.71 bits per heavy atom. The van der Waals surface area contributed by atoms with E-state index >= 15 is 0 Å². The zero-order chi connectivity index (χ0) is 9.24. The first-order valence-corrected chi connectivity index (χ1v) is 9.13. The van der Waals surface area contributed by atoms with Crippen LogP contribution in [0.2, 0.25) is 0 Å². The first kappa shape index (κ1) is 18.3. The van der Waals surface area contributed by atoms with Crippen molar-refractivity contribution in [3.8, 4) is 0 Å². The van der Waals surface area contributed by atoms with Gasteiger partial charge >= 0.3 is 0 Å². The molecule has 0 spiro atoms. The fraction of sp³-hybridized carbons (Fsp3) is 0.778. The largest absolute Gasteiger partial charge is 0.335 e. The maximum Gasteiger partial charge on any atom is 0 e. The minimum Gasteiger partial charge on any atom is -0.335 e. The normalized spacial score (nSPS) is 46.0. The molecule has 1 aliphatic rings. The van der Waals surface area contributed by atoms with Crippen LogP contribution in [0.25, 0.3) is 0 Å². The first-order valence-electron chi connectivity index (χ1n) is 4.38. The van der Waals surface area contributed by atoms with Gasteiger partial charge in [0.1, 0.15) is 0 Å². The van der Waals surface area contributed by atoms with E-state index in [1.807, 2.05) is 0 Å². The Kier molecular flexibility index (Phi) is 9.50. The minimum atomic E-state index is -0.777. The summed E-state index contributed by atoms with van der Waals surface area (Å²) in [5.41, 5.74) is 0. The molecule has 1 aliphatic heterocycles. The number of hydrogen-bond donors (Lipinski definition) is 1. The first-order chi connectivity index (χ1) is 5.54. The van der Waals surface area contributed by atoms with Crippen LogP contribution >= 0.6 is 20.2 Å². The quantitative estimate of drug-likeness (QED) is 0.603. The molecule has 0 unspecified atom stereocenters. The van der Waals surface area contributed by atoms with Gasteiger partial charge in [-0.25, -0.2) is 10.2 Å². The zero-order valence-electron chi connectivity index (χ0n) is 9.46. The fourth-order valence-corrected chi connectivity index (χ4v) is 8.45. The number of nitrogens with two attached hydrogens (primary N) is 1. The third kappa shape index (κ3) is 4.83. The predicted octanol–water partition coefficient (Wildman–Crippen LogP) is 1.78. The van der Waals surface area contributed by atoms with Crippen molar-refractivity contribution in [2.45, 2.75) is 0 Å².